The summed E-state index contributed by atoms with van der Waals surface area (Å²) in [5.74, 6) is 1.93. The van der Waals surface area contributed by atoms with E-state index in [4.69, 9.17) is 15.3 Å². The first-order valence-corrected chi connectivity index (χ1v) is 13.8. The summed E-state index contributed by atoms with van der Waals surface area (Å²) in [7, 11) is 1.51. The number of hydrogen-bond donors (Lipinski definition) is 2. The van der Waals surface area contributed by atoms with Crippen LogP contribution < -0.4 is 5.84 Å². The van der Waals surface area contributed by atoms with Gasteiger partial charge in [-0.15, -0.1) is 0 Å². The maximum absolute atomic E-state index is 13.0. The molecular weight excluding hydrogens is 476 g/mol. The normalized spacial score (nSPS) is 30.5. The summed E-state index contributed by atoms with van der Waals surface area (Å²) in [6.07, 6.45) is 0.389. The zero-order valence-electron chi connectivity index (χ0n) is 26.1. The van der Waals surface area contributed by atoms with Gasteiger partial charge in [-0.1, -0.05) is 76.2 Å². The Balaban J connectivity index is -0.000000617. The van der Waals surface area contributed by atoms with Gasteiger partial charge in [-0.05, 0) is 26.2 Å². The summed E-state index contributed by atoms with van der Waals surface area (Å²) in [4.78, 5) is 49.2. The zero-order chi connectivity index (χ0) is 30.5. The van der Waals surface area contributed by atoms with Crippen molar-refractivity contribution in [1.29, 1.82) is 0 Å². The van der Waals surface area contributed by atoms with Gasteiger partial charge in [0.2, 0.25) is 6.41 Å². The number of carbonyl (C=O) groups excluding carboxylic acids is 4. The Morgan fingerprint density at radius 1 is 1.00 bits per heavy atom. The fourth-order valence-electron chi connectivity index (χ4n) is 4.00. The van der Waals surface area contributed by atoms with Crippen LogP contribution in [0.2, 0.25) is 0 Å². The van der Waals surface area contributed by atoms with Crippen LogP contribution in [0.5, 0.6) is 0 Å². The highest BCUT2D eigenvalue weighted by Gasteiger charge is 2.45. The Kier molecular flexibility index (Phi) is 26.6. The molecule has 4 unspecified atom stereocenters. The molecule has 0 saturated carbocycles. The number of aliphatic hydroxyl groups is 1. The van der Waals surface area contributed by atoms with Crippen LogP contribution in [0.25, 0.3) is 0 Å². The van der Waals surface area contributed by atoms with E-state index in [0.717, 1.165) is 5.01 Å². The third-order valence-electron chi connectivity index (χ3n) is 5.88. The Morgan fingerprint density at radius 2 is 1.46 bits per heavy atom. The summed E-state index contributed by atoms with van der Waals surface area (Å²) in [6.45, 7) is 23.4. The predicted octanol–water partition coefficient (Wildman–Crippen LogP) is 4.58. The molecule has 0 aromatic heterocycles. The van der Waals surface area contributed by atoms with Crippen molar-refractivity contribution >= 4 is 23.9 Å². The minimum Gasteiger partial charge on any atom is -0.462 e. The van der Waals surface area contributed by atoms with Crippen molar-refractivity contribution in [1.82, 2.24) is 5.01 Å². The van der Waals surface area contributed by atoms with E-state index in [1.807, 2.05) is 62.3 Å². The van der Waals surface area contributed by atoms with E-state index in [9.17, 15) is 24.3 Å². The first kappa shape index (κ1) is 42.3. The summed E-state index contributed by atoms with van der Waals surface area (Å²) in [5, 5.41) is 11.6. The first-order chi connectivity index (χ1) is 17.4. The Morgan fingerprint density at radius 3 is 1.86 bits per heavy atom. The molecule has 0 aliphatic carbocycles. The molecule has 0 bridgehead atoms. The van der Waals surface area contributed by atoms with E-state index in [1.54, 1.807) is 13.8 Å². The van der Waals surface area contributed by atoms with Gasteiger partial charge >= 0.3 is 5.97 Å². The summed E-state index contributed by atoms with van der Waals surface area (Å²) >= 11 is 0. The number of nitrogens with two attached hydrogens (primary N) is 1. The van der Waals surface area contributed by atoms with Gasteiger partial charge in [-0.3, -0.25) is 24.2 Å². The lowest BCUT2D eigenvalue weighted by Gasteiger charge is -2.40. The number of ketones is 2. The topological polar surface area (TPSA) is 136 Å². The molecule has 3 N–H and O–H groups in total. The molecule has 37 heavy (non-hydrogen) atoms. The van der Waals surface area contributed by atoms with Crippen LogP contribution in [0.15, 0.2) is 0 Å². The molecular formula is C28H58N2O7. The van der Waals surface area contributed by atoms with Gasteiger partial charge in [0.05, 0.1) is 12.1 Å². The Bertz CT molecular complexity index is 626. The van der Waals surface area contributed by atoms with Crippen molar-refractivity contribution in [2.75, 3.05) is 13.7 Å². The minimum atomic E-state index is -1.80. The number of hydrazine groups is 1. The number of cyclic esters (lactones) is 1. The molecule has 0 aromatic carbocycles. The van der Waals surface area contributed by atoms with Crippen LogP contribution in [-0.2, 0) is 28.7 Å². The van der Waals surface area contributed by atoms with Crippen LogP contribution in [0.3, 0.4) is 0 Å². The highest BCUT2D eigenvalue weighted by molar-refractivity contribution is 5.98. The van der Waals surface area contributed by atoms with Gasteiger partial charge in [0.25, 0.3) is 0 Å². The van der Waals surface area contributed by atoms with Crippen molar-refractivity contribution < 1.29 is 33.8 Å². The molecule has 0 spiro atoms. The molecule has 7 atom stereocenters. The molecule has 1 aliphatic heterocycles. The van der Waals surface area contributed by atoms with Crippen molar-refractivity contribution in [2.45, 2.75) is 121 Å². The Hall–Kier alpha value is -1.84. The van der Waals surface area contributed by atoms with Gasteiger partial charge in [0.15, 0.2) is 0 Å². The lowest BCUT2D eigenvalue weighted by molar-refractivity contribution is -0.165. The highest BCUT2D eigenvalue weighted by Crippen LogP contribution is 2.29. The number of methoxy groups -OCH3 is 1. The third-order valence-corrected chi connectivity index (χ3v) is 5.88. The molecule has 9 heteroatoms. The van der Waals surface area contributed by atoms with E-state index < -0.39 is 42.0 Å². The van der Waals surface area contributed by atoms with Gasteiger partial charge in [-0.2, -0.15) is 0 Å². The summed E-state index contributed by atoms with van der Waals surface area (Å²) < 4.78 is 10.7. The number of nitrogens with zero attached hydrogens (tertiary/aromatic N) is 1. The SMILES string of the molecule is CC.CC.CC.CC.COC1C[C@@H](C)C(=O)C(C)C(N(N)C=O)[C@](C)(O)COC(=O)C(C)C(=O)C[C@H]1C. The molecule has 1 amide bonds. The monoisotopic (exact) mass is 534 g/mol. The van der Waals surface area contributed by atoms with Crippen LogP contribution in [0, 0.1) is 23.7 Å². The average Bonchev–Trinajstić information content (AvgIpc) is 2.92. The lowest BCUT2D eigenvalue weighted by atomic mass is 9.78. The fraction of sp³-hybridized carbons (Fsp3) is 0.857. The molecule has 1 aliphatic rings. The second-order valence-electron chi connectivity index (χ2n) is 8.43. The van der Waals surface area contributed by atoms with Crippen molar-refractivity contribution in [3.8, 4) is 0 Å². The molecule has 1 saturated heterocycles. The number of Topliss-reactive ketones (excluding diaryl/α,β-unsaturated/α-hetero) is 2. The van der Waals surface area contributed by atoms with E-state index >= 15 is 0 Å². The molecule has 0 aromatic rings. The van der Waals surface area contributed by atoms with Crippen molar-refractivity contribution in [3.63, 3.8) is 0 Å². The zero-order valence-corrected chi connectivity index (χ0v) is 26.1. The number of esters is 1. The van der Waals surface area contributed by atoms with Crippen LogP contribution in [-0.4, -0.2) is 65.5 Å². The van der Waals surface area contributed by atoms with Gasteiger partial charge in [0, 0.05) is 25.4 Å². The van der Waals surface area contributed by atoms with Crippen LogP contribution in [0.4, 0.5) is 0 Å². The molecule has 9 nitrogen and oxygen atoms in total. The maximum Gasteiger partial charge on any atom is 0.316 e. The summed E-state index contributed by atoms with van der Waals surface area (Å²) in [5.41, 5.74) is -1.80. The smallest absolute Gasteiger partial charge is 0.316 e. The molecule has 1 fully saturated rings. The number of amides is 1. The van der Waals surface area contributed by atoms with Crippen molar-refractivity contribution in [2.24, 2.45) is 29.5 Å². The number of carbonyl (C=O) groups is 4. The molecule has 222 valence electrons. The predicted molar refractivity (Wildman–Crippen MR) is 150 cm³/mol. The maximum atomic E-state index is 13.0. The number of rotatable bonds is 3. The highest BCUT2D eigenvalue weighted by atomic mass is 16.5. The largest absolute Gasteiger partial charge is 0.462 e. The number of ether oxygens (including phenoxy) is 2. The van der Waals surface area contributed by atoms with Gasteiger partial charge < -0.3 is 14.6 Å². The van der Waals surface area contributed by atoms with Gasteiger partial charge in [0.1, 0.15) is 29.7 Å². The fourth-order valence-corrected chi connectivity index (χ4v) is 4.00. The van der Waals surface area contributed by atoms with Crippen LogP contribution >= 0.6 is 0 Å². The van der Waals surface area contributed by atoms with Crippen LogP contribution in [0.1, 0.15) is 103 Å². The van der Waals surface area contributed by atoms with E-state index in [0.29, 0.717) is 12.8 Å². The van der Waals surface area contributed by atoms with Gasteiger partial charge in [-0.25, -0.2) is 5.84 Å². The lowest BCUT2D eigenvalue weighted by Crippen LogP contribution is -2.61. The molecule has 1 heterocycles. The number of hydrogen-bond acceptors (Lipinski definition) is 8. The molecule has 0 radical (unpaired) electrons. The van der Waals surface area contributed by atoms with E-state index in [2.05, 4.69) is 0 Å². The third kappa shape index (κ3) is 14.0. The quantitative estimate of drug-likeness (QED) is 0.134. The average molecular weight is 535 g/mol. The second kappa shape index (κ2) is 23.3. The first-order valence-electron chi connectivity index (χ1n) is 13.8. The van der Waals surface area contributed by atoms with E-state index in [-0.39, 0.29) is 30.0 Å². The molecule has 1 rings (SSSR count). The Labute approximate surface area is 226 Å². The standard InChI is InChI=1S/C20H34N2O7.4C2H6/c1-11-7-15(24)13(3)19(26)29-9-20(5,27)18(22(21)10-23)14(4)17(25)12(2)8-16(11)28-6;4*1-2/h10-14,16,18,27H,7-9,21H2,1-6H3;4*1-2H3/t11-,12-,13?,14?,16?,18?,20-;;;;/m1..../s1. The summed E-state index contributed by atoms with van der Waals surface area (Å²) in [6, 6.07) is -1.13. The minimum absolute atomic E-state index is 0.103. The van der Waals surface area contributed by atoms with E-state index in [1.165, 1.54) is 21.0 Å². The van der Waals surface area contributed by atoms with Crippen molar-refractivity contribution in [3.05, 3.63) is 0 Å². The second-order valence-corrected chi connectivity index (χ2v) is 8.43.